The third-order valence-electron chi connectivity index (χ3n) is 11.3. The summed E-state index contributed by atoms with van der Waals surface area (Å²) in [6, 6.07) is 16.2. The van der Waals surface area contributed by atoms with Crippen LogP contribution in [0, 0.1) is 29.5 Å². The van der Waals surface area contributed by atoms with E-state index in [9.17, 15) is 9.18 Å². The molecule has 2 saturated heterocycles. The average Bonchev–Trinajstić information content (AvgIpc) is 2.95. The largest absolute Gasteiger partial charge is 0.322 e. The van der Waals surface area contributed by atoms with Gasteiger partial charge in [-0.1, -0.05) is 30.3 Å². The van der Waals surface area contributed by atoms with Crippen molar-refractivity contribution in [1.29, 1.82) is 0 Å². The summed E-state index contributed by atoms with van der Waals surface area (Å²) in [4.78, 5) is 18.6. The van der Waals surface area contributed by atoms with Crippen LogP contribution < -0.4 is 5.32 Å². The number of anilines is 1. The number of urea groups is 1. The van der Waals surface area contributed by atoms with Crippen molar-refractivity contribution in [2.24, 2.45) is 23.7 Å². The Labute approximate surface area is 239 Å². The molecule has 6 aliphatic rings. The molecule has 8 rings (SSSR count). The van der Waals surface area contributed by atoms with Crippen molar-refractivity contribution in [2.45, 2.75) is 88.5 Å². The number of nitrogens with zero attached hydrogens (tertiary/aromatic N) is 2. The molecule has 4 bridgehead atoms. The lowest BCUT2D eigenvalue weighted by atomic mass is 9.48. The predicted molar refractivity (Wildman–Crippen MR) is 159 cm³/mol. The number of likely N-dealkylation sites (tertiary alicyclic amines) is 2. The summed E-state index contributed by atoms with van der Waals surface area (Å²) in [5, 5.41) is 3.45. The van der Waals surface area contributed by atoms with Crippen LogP contribution in [0.5, 0.6) is 0 Å². The van der Waals surface area contributed by atoms with Gasteiger partial charge in [0, 0.05) is 24.8 Å². The maximum Gasteiger partial charge on any atom is 0.322 e. The normalized spacial score (nSPS) is 32.4. The van der Waals surface area contributed by atoms with Crippen LogP contribution in [0.15, 0.2) is 48.5 Å². The molecule has 214 valence electrons. The fourth-order valence-corrected chi connectivity index (χ4v) is 9.76. The first-order valence-electron chi connectivity index (χ1n) is 16.2. The molecule has 1 N–H and O–H groups in total. The number of rotatable bonds is 6. The Morgan fingerprint density at radius 1 is 0.850 bits per heavy atom. The topological polar surface area (TPSA) is 35.6 Å². The van der Waals surface area contributed by atoms with Gasteiger partial charge in [-0.05, 0) is 149 Å². The van der Waals surface area contributed by atoms with Crippen molar-refractivity contribution in [3.63, 3.8) is 0 Å². The Morgan fingerprint density at radius 3 is 2.23 bits per heavy atom. The van der Waals surface area contributed by atoms with Crippen LogP contribution in [-0.2, 0) is 11.8 Å². The lowest BCUT2D eigenvalue weighted by Gasteiger charge is -2.57. The van der Waals surface area contributed by atoms with Gasteiger partial charge in [-0.15, -0.1) is 0 Å². The van der Waals surface area contributed by atoms with Crippen molar-refractivity contribution in [3.8, 4) is 0 Å². The molecular weight excluding hydrogens is 497 g/mol. The van der Waals surface area contributed by atoms with Crippen molar-refractivity contribution in [3.05, 3.63) is 65.5 Å². The fourth-order valence-electron chi connectivity index (χ4n) is 9.76. The van der Waals surface area contributed by atoms with E-state index < -0.39 is 0 Å². The van der Waals surface area contributed by atoms with Crippen molar-refractivity contribution >= 4 is 11.7 Å². The number of carbonyl (C=O) groups excluding carboxylic acids is 1. The van der Waals surface area contributed by atoms with Crippen LogP contribution in [0.1, 0.15) is 81.8 Å². The number of hydrogen-bond acceptors (Lipinski definition) is 2. The van der Waals surface area contributed by atoms with Gasteiger partial charge in [0.1, 0.15) is 5.82 Å². The van der Waals surface area contributed by atoms with Gasteiger partial charge in [-0.3, -0.25) is 0 Å². The molecular formula is C35H46FN3O. The van der Waals surface area contributed by atoms with Gasteiger partial charge >= 0.3 is 6.03 Å². The van der Waals surface area contributed by atoms with Gasteiger partial charge in [0.05, 0.1) is 0 Å². The quantitative estimate of drug-likeness (QED) is 0.406. The second kappa shape index (κ2) is 11.1. The number of hydrogen-bond donors (Lipinski definition) is 1. The highest BCUT2D eigenvalue weighted by atomic mass is 19.1. The number of piperidine rings is 2. The Balaban J connectivity index is 0.985. The lowest BCUT2D eigenvalue weighted by molar-refractivity contribution is -0.00485. The van der Waals surface area contributed by atoms with Crippen LogP contribution >= 0.6 is 0 Å². The Kier molecular flexibility index (Phi) is 7.36. The number of carbonyl (C=O) groups is 1. The standard InChI is InChI=1S/C35H46FN3O/c36-30-10-8-25(9-11-30)17-26-12-15-38(16-13-26)24-31-5-3-4-14-39(31)34(40)37-33-7-2-1-6-32(33)35-21-27-18-28(22-35)20-29(19-27)23-35/h1-2,6-11,26-29,31H,3-5,12-24H2,(H,37,40). The van der Waals surface area contributed by atoms with Gasteiger partial charge < -0.3 is 15.1 Å². The van der Waals surface area contributed by atoms with Crippen LogP contribution in [0.3, 0.4) is 0 Å². The molecule has 2 aliphatic heterocycles. The monoisotopic (exact) mass is 543 g/mol. The van der Waals surface area contributed by atoms with Crippen LogP contribution in [-0.4, -0.2) is 48.1 Å². The molecule has 4 aliphatic carbocycles. The first kappa shape index (κ1) is 26.5. The molecule has 2 aromatic rings. The second-order valence-electron chi connectivity index (χ2n) is 14.1. The van der Waals surface area contributed by atoms with Crippen LogP contribution in [0.25, 0.3) is 0 Å². The lowest BCUT2D eigenvalue weighted by Crippen LogP contribution is -2.52. The molecule has 1 atom stereocenters. The first-order valence-corrected chi connectivity index (χ1v) is 16.2. The van der Waals surface area contributed by atoms with Crippen molar-refractivity contribution in [2.75, 3.05) is 31.5 Å². The summed E-state index contributed by atoms with van der Waals surface area (Å²) < 4.78 is 13.3. The number of benzene rings is 2. The van der Waals surface area contributed by atoms with E-state index in [1.54, 1.807) is 12.1 Å². The van der Waals surface area contributed by atoms with Gasteiger partial charge in [-0.25, -0.2) is 9.18 Å². The van der Waals surface area contributed by atoms with E-state index in [4.69, 9.17) is 0 Å². The van der Waals surface area contributed by atoms with Crippen molar-refractivity contribution < 1.29 is 9.18 Å². The molecule has 0 radical (unpaired) electrons. The SMILES string of the molecule is O=C(Nc1ccccc1C12CC3CC(CC(C3)C1)C2)N1CCCCC1CN1CCC(Cc2ccc(F)cc2)CC1. The maximum absolute atomic E-state index is 13.8. The molecule has 40 heavy (non-hydrogen) atoms. The highest BCUT2D eigenvalue weighted by Crippen LogP contribution is 2.61. The highest BCUT2D eigenvalue weighted by molar-refractivity contribution is 5.90. The minimum Gasteiger partial charge on any atom is -0.320 e. The minimum absolute atomic E-state index is 0.105. The van der Waals surface area contributed by atoms with E-state index in [0.29, 0.717) is 5.92 Å². The molecule has 0 spiro atoms. The van der Waals surface area contributed by atoms with E-state index in [-0.39, 0.29) is 23.3 Å². The van der Waals surface area contributed by atoms with Crippen LogP contribution in [0.2, 0.25) is 0 Å². The third kappa shape index (κ3) is 5.43. The molecule has 4 nitrogen and oxygen atoms in total. The molecule has 2 heterocycles. The Bertz CT molecular complexity index is 1150. The summed E-state index contributed by atoms with van der Waals surface area (Å²) >= 11 is 0. The van der Waals surface area contributed by atoms with E-state index in [0.717, 1.165) is 68.9 Å². The molecule has 0 aromatic heterocycles. The molecule has 6 fully saturated rings. The molecule has 5 heteroatoms. The summed E-state index contributed by atoms with van der Waals surface area (Å²) in [5.41, 5.74) is 4.00. The second-order valence-corrected chi connectivity index (χ2v) is 14.1. The summed E-state index contributed by atoms with van der Waals surface area (Å²) in [5.74, 6) is 3.17. The van der Waals surface area contributed by atoms with E-state index in [1.807, 2.05) is 12.1 Å². The third-order valence-corrected chi connectivity index (χ3v) is 11.3. The molecule has 4 saturated carbocycles. The molecule has 1 unspecified atom stereocenters. The van der Waals surface area contributed by atoms with E-state index in [2.05, 4.69) is 39.4 Å². The zero-order valence-corrected chi connectivity index (χ0v) is 24.0. The summed E-state index contributed by atoms with van der Waals surface area (Å²) in [7, 11) is 0. The van der Waals surface area contributed by atoms with Crippen LogP contribution in [0.4, 0.5) is 14.9 Å². The summed E-state index contributed by atoms with van der Waals surface area (Å²) in [6.07, 6.45) is 15.0. The van der Waals surface area contributed by atoms with Gasteiger partial charge in [0.25, 0.3) is 0 Å². The van der Waals surface area contributed by atoms with E-state index >= 15 is 0 Å². The number of para-hydroxylation sites is 1. The average molecular weight is 544 g/mol. The Hall–Kier alpha value is -2.40. The van der Waals surface area contributed by atoms with Gasteiger partial charge in [-0.2, -0.15) is 0 Å². The maximum atomic E-state index is 13.8. The smallest absolute Gasteiger partial charge is 0.320 e. The van der Waals surface area contributed by atoms with E-state index in [1.165, 1.54) is 68.9 Å². The Morgan fingerprint density at radius 2 is 1.52 bits per heavy atom. The molecule has 2 aromatic carbocycles. The van der Waals surface area contributed by atoms with Gasteiger partial charge in [0.15, 0.2) is 0 Å². The fraction of sp³-hybridized carbons (Fsp3) is 0.629. The zero-order chi connectivity index (χ0) is 27.1. The minimum atomic E-state index is -0.157. The van der Waals surface area contributed by atoms with Gasteiger partial charge in [0.2, 0.25) is 0 Å². The number of nitrogens with one attached hydrogen (secondary N) is 1. The number of halogens is 1. The zero-order valence-electron chi connectivity index (χ0n) is 24.0. The van der Waals surface area contributed by atoms with Crippen molar-refractivity contribution in [1.82, 2.24) is 9.80 Å². The number of amides is 2. The predicted octanol–water partition coefficient (Wildman–Crippen LogP) is 7.63. The first-order chi connectivity index (χ1) is 19.5. The molecule has 2 amide bonds. The summed E-state index contributed by atoms with van der Waals surface area (Å²) in [6.45, 7) is 4.02. The highest BCUT2D eigenvalue weighted by Gasteiger charge is 2.52.